The van der Waals surface area contributed by atoms with Gasteiger partial charge in [-0.2, -0.15) is 0 Å². The molecule has 1 amide bonds. The van der Waals surface area contributed by atoms with E-state index < -0.39 is 5.97 Å². The molecule has 8 nitrogen and oxygen atoms in total. The zero-order valence-corrected chi connectivity index (χ0v) is 17.5. The van der Waals surface area contributed by atoms with Crippen molar-refractivity contribution in [1.82, 2.24) is 15.0 Å². The van der Waals surface area contributed by atoms with E-state index in [1.165, 1.54) is 6.20 Å². The number of aryl methyl sites for hydroxylation is 2. The van der Waals surface area contributed by atoms with Crippen LogP contribution in [0.3, 0.4) is 0 Å². The topological polar surface area (TPSA) is 106 Å². The fraction of sp³-hybridized carbons (Fsp3) is 0.211. The van der Waals surface area contributed by atoms with Crippen LogP contribution in [0.4, 0.5) is 16.8 Å². The smallest absolute Gasteiger partial charge is 0.350 e. The monoisotopic (exact) mass is 431 g/mol. The molecule has 0 bridgehead atoms. The lowest BCUT2D eigenvalue weighted by Gasteiger charge is -2.08. The Morgan fingerprint density at radius 3 is 2.69 bits per heavy atom. The van der Waals surface area contributed by atoms with Crippen molar-refractivity contribution in [2.75, 3.05) is 17.2 Å². The number of carbonyl (C=O) groups is 2. The first-order valence-electron chi connectivity index (χ1n) is 8.69. The van der Waals surface area contributed by atoms with Crippen LogP contribution in [0.1, 0.15) is 38.3 Å². The van der Waals surface area contributed by atoms with E-state index in [0.717, 1.165) is 11.3 Å². The van der Waals surface area contributed by atoms with Gasteiger partial charge in [-0.3, -0.25) is 4.79 Å². The minimum Gasteiger partial charge on any atom is -0.462 e. The second-order valence-electron chi connectivity index (χ2n) is 5.94. The van der Waals surface area contributed by atoms with Gasteiger partial charge in [-0.25, -0.2) is 19.7 Å². The van der Waals surface area contributed by atoms with Gasteiger partial charge in [0.25, 0.3) is 5.91 Å². The van der Waals surface area contributed by atoms with Gasteiger partial charge >= 0.3 is 5.97 Å². The molecule has 3 rings (SSSR count). The highest BCUT2D eigenvalue weighted by Gasteiger charge is 2.18. The molecule has 0 aliphatic carbocycles. The average Bonchev–Trinajstić information content (AvgIpc) is 3.02. The van der Waals surface area contributed by atoms with Crippen molar-refractivity contribution in [2.45, 2.75) is 20.8 Å². The molecule has 29 heavy (non-hydrogen) atoms. The maximum atomic E-state index is 12.5. The predicted octanol–water partition coefficient (Wildman–Crippen LogP) is 4.38. The van der Waals surface area contributed by atoms with Crippen molar-refractivity contribution in [3.8, 4) is 0 Å². The van der Waals surface area contributed by atoms with Crippen LogP contribution in [0.25, 0.3) is 0 Å². The first kappa shape index (κ1) is 20.7. The Labute approximate surface area is 176 Å². The molecule has 0 aliphatic heterocycles. The van der Waals surface area contributed by atoms with Crippen molar-refractivity contribution < 1.29 is 14.3 Å². The van der Waals surface area contributed by atoms with Gasteiger partial charge in [0.2, 0.25) is 5.95 Å². The van der Waals surface area contributed by atoms with Crippen molar-refractivity contribution in [3.05, 3.63) is 57.3 Å². The molecule has 0 atom stereocenters. The molecule has 2 aromatic heterocycles. The summed E-state index contributed by atoms with van der Waals surface area (Å²) in [5.74, 6) is -0.488. The molecule has 1 aromatic carbocycles. The van der Waals surface area contributed by atoms with Crippen LogP contribution in [-0.2, 0) is 4.74 Å². The Kier molecular flexibility index (Phi) is 6.40. The normalized spacial score (nSPS) is 10.5. The van der Waals surface area contributed by atoms with E-state index in [2.05, 4.69) is 25.6 Å². The standard InChI is InChI=1S/C19H18ClN5O3S/c1-4-28-17(27)15-11(3)23-19(29-15)25-18-21-9-14(10(2)22-18)16(26)24-13-7-5-6-12(20)8-13/h5-9H,4H2,1-3H3,(H,24,26)(H,21,22,23,25). The van der Waals surface area contributed by atoms with Gasteiger partial charge in [-0.05, 0) is 39.0 Å². The number of anilines is 3. The molecule has 2 heterocycles. The van der Waals surface area contributed by atoms with Crippen molar-refractivity contribution in [3.63, 3.8) is 0 Å². The summed E-state index contributed by atoms with van der Waals surface area (Å²) in [6, 6.07) is 6.86. The van der Waals surface area contributed by atoms with Crippen LogP contribution in [0, 0.1) is 13.8 Å². The number of hydrogen-bond acceptors (Lipinski definition) is 8. The highest BCUT2D eigenvalue weighted by Crippen LogP contribution is 2.25. The number of rotatable bonds is 6. The van der Waals surface area contributed by atoms with Crippen LogP contribution in [0.5, 0.6) is 0 Å². The number of esters is 1. The van der Waals surface area contributed by atoms with Gasteiger partial charge in [-0.15, -0.1) is 0 Å². The average molecular weight is 432 g/mol. The maximum Gasteiger partial charge on any atom is 0.350 e. The first-order chi connectivity index (χ1) is 13.9. The van der Waals surface area contributed by atoms with E-state index in [1.54, 1.807) is 45.0 Å². The second kappa shape index (κ2) is 8.97. The number of thiazole rings is 1. The largest absolute Gasteiger partial charge is 0.462 e. The van der Waals surface area contributed by atoms with Gasteiger partial charge in [0, 0.05) is 16.9 Å². The summed E-state index contributed by atoms with van der Waals surface area (Å²) in [5, 5.41) is 6.70. The lowest BCUT2D eigenvalue weighted by atomic mass is 10.2. The van der Waals surface area contributed by atoms with Crippen LogP contribution in [0.2, 0.25) is 5.02 Å². The summed E-state index contributed by atoms with van der Waals surface area (Å²) in [6.07, 6.45) is 1.43. The lowest BCUT2D eigenvalue weighted by Crippen LogP contribution is -2.15. The number of nitrogens with one attached hydrogen (secondary N) is 2. The molecule has 2 N–H and O–H groups in total. The molecular formula is C19H18ClN5O3S. The molecule has 0 saturated carbocycles. The predicted molar refractivity (Wildman–Crippen MR) is 112 cm³/mol. The quantitative estimate of drug-likeness (QED) is 0.558. The van der Waals surface area contributed by atoms with Crippen LogP contribution in [0.15, 0.2) is 30.5 Å². The second-order valence-corrected chi connectivity index (χ2v) is 7.37. The van der Waals surface area contributed by atoms with E-state index in [4.69, 9.17) is 16.3 Å². The first-order valence-corrected chi connectivity index (χ1v) is 9.89. The van der Waals surface area contributed by atoms with E-state index in [9.17, 15) is 9.59 Å². The number of nitrogens with zero attached hydrogens (tertiary/aromatic N) is 3. The Bertz CT molecular complexity index is 1070. The van der Waals surface area contributed by atoms with E-state index in [1.807, 2.05) is 0 Å². The molecule has 0 unspecified atom stereocenters. The van der Waals surface area contributed by atoms with Gasteiger partial charge in [0.05, 0.1) is 23.6 Å². The van der Waals surface area contributed by atoms with Crippen LogP contribution in [-0.4, -0.2) is 33.4 Å². The molecular weight excluding hydrogens is 414 g/mol. The third-order valence-electron chi connectivity index (χ3n) is 3.78. The minimum absolute atomic E-state index is 0.269. The van der Waals surface area contributed by atoms with Crippen LogP contribution >= 0.6 is 22.9 Å². The molecule has 10 heteroatoms. The van der Waals surface area contributed by atoms with Gasteiger partial charge in [-0.1, -0.05) is 29.0 Å². The number of hydrogen-bond donors (Lipinski definition) is 2. The Morgan fingerprint density at radius 1 is 1.21 bits per heavy atom. The van der Waals surface area contributed by atoms with Crippen molar-refractivity contribution in [2.24, 2.45) is 0 Å². The highest BCUT2D eigenvalue weighted by molar-refractivity contribution is 7.17. The summed E-state index contributed by atoms with van der Waals surface area (Å²) >= 11 is 7.09. The zero-order chi connectivity index (χ0) is 21.0. The molecule has 0 radical (unpaired) electrons. The van der Waals surface area contributed by atoms with E-state index in [0.29, 0.717) is 44.3 Å². The maximum absolute atomic E-state index is 12.5. The number of benzene rings is 1. The fourth-order valence-corrected chi connectivity index (χ4v) is 3.49. The van der Waals surface area contributed by atoms with Crippen molar-refractivity contribution in [1.29, 1.82) is 0 Å². The SMILES string of the molecule is CCOC(=O)c1sc(Nc2ncc(C(=O)Nc3cccc(Cl)c3)c(C)n2)nc1C. The number of amides is 1. The van der Waals surface area contributed by atoms with Crippen LogP contribution < -0.4 is 10.6 Å². The Balaban J connectivity index is 1.73. The molecule has 0 fully saturated rings. The fourth-order valence-electron chi connectivity index (χ4n) is 2.45. The molecule has 0 aliphatic rings. The third kappa shape index (κ3) is 5.07. The third-order valence-corrected chi connectivity index (χ3v) is 5.07. The van der Waals surface area contributed by atoms with Gasteiger partial charge in [0.15, 0.2) is 5.13 Å². The molecule has 3 aromatic rings. The summed E-state index contributed by atoms with van der Waals surface area (Å²) in [5.41, 5.74) is 1.96. The number of aromatic nitrogens is 3. The van der Waals surface area contributed by atoms with Crippen molar-refractivity contribution >= 4 is 51.6 Å². The summed E-state index contributed by atoms with van der Waals surface area (Å²) in [4.78, 5) is 37.6. The van der Waals surface area contributed by atoms with E-state index in [-0.39, 0.29) is 11.9 Å². The minimum atomic E-state index is -0.416. The summed E-state index contributed by atoms with van der Waals surface area (Å²) in [7, 11) is 0. The Morgan fingerprint density at radius 2 is 2.00 bits per heavy atom. The van der Waals surface area contributed by atoms with Gasteiger partial charge in [0.1, 0.15) is 4.88 Å². The zero-order valence-electron chi connectivity index (χ0n) is 15.9. The number of carbonyl (C=O) groups excluding carboxylic acids is 2. The summed E-state index contributed by atoms with van der Waals surface area (Å²) < 4.78 is 5.01. The molecule has 150 valence electrons. The molecule has 0 spiro atoms. The highest BCUT2D eigenvalue weighted by atomic mass is 35.5. The van der Waals surface area contributed by atoms with E-state index >= 15 is 0 Å². The Hall–Kier alpha value is -3.04. The van der Waals surface area contributed by atoms with Gasteiger partial charge < -0.3 is 15.4 Å². The number of ether oxygens (including phenoxy) is 1. The lowest BCUT2D eigenvalue weighted by molar-refractivity contribution is 0.0531. The number of halogens is 1. The molecule has 0 saturated heterocycles. The summed E-state index contributed by atoms with van der Waals surface area (Å²) in [6.45, 7) is 5.47.